The van der Waals surface area contributed by atoms with Crippen molar-refractivity contribution in [3.63, 3.8) is 0 Å². The van der Waals surface area contributed by atoms with Crippen LogP contribution < -0.4 is 4.74 Å². The van der Waals surface area contributed by atoms with Crippen LogP contribution >= 0.6 is 0 Å². The SMILES string of the molecule is CN(C)C(=O)C(c1ccc(OCc2ccccc2)cc1)C1(O)CCCCC1. The van der Waals surface area contributed by atoms with Gasteiger partial charge in [0.2, 0.25) is 5.91 Å². The van der Waals surface area contributed by atoms with Gasteiger partial charge < -0.3 is 14.7 Å². The highest BCUT2D eigenvalue weighted by Crippen LogP contribution is 2.41. The summed E-state index contributed by atoms with van der Waals surface area (Å²) in [5.74, 6) is 0.183. The van der Waals surface area contributed by atoms with Gasteiger partial charge in [0.15, 0.2) is 0 Å². The predicted molar refractivity (Wildman–Crippen MR) is 107 cm³/mol. The van der Waals surface area contributed by atoms with E-state index in [2.05, 4.69) is 0 Å². The van der Waals surface area contributed by atoms with Gasteiger partial charge in [-0.05, 0) is 36.1 Å². The molecule has 1 N–H and O–H groups in total. The van der Waals surface area contributed by atoms with Crippen LogP contribution in [-0.4, -0.2) is 35.6 Å². The molecule has 0 radical (unpaired) electrons. The van der Waals surface area contributed by atoms with Crippen LogP contribution in [0, 0.1) is 0 Å². The summed E-state index contributed by atoms with van der Waals surface area (Å²) in [5.41, 5.74) is 0.996. The first kappa shape index (κ1) is 19.4. The topological polar surface area (TPSA) is 49.8 Å². The number of hydrogen-bond donors (Lipinski definition) is 1. The van der Waals surface area contributed by atoms with E-state index < -0.39 is 11.5 Å². The van der Waals surface area contributed by atoms with Crippen molar-refractivity contribution in [2.24, 2.45) is 0 Å². The van der Waals surface area contributed by atoms with Gasteiger partial charge in [0.05, 0.1) is 11.5 Å². The van der Waals surface area contributed by atoms with Crippen LogP contribution in [-0.2, 0) is 11.4 Å². The zero-order valence-corrected chi connectivity index (χ0v) is 16.2. The summed E-state index contributed by atoms with van der Waals surface area (Å²) in [5, 5.41) is 11.2. The van der Waals surface area contributed by atoms with Crippen molar-refractivity contribution in [1.82, 2.24) is 4.90 Å². The second-order valence-electron chi connectivity index (χ2n) is 7.67. The third-order valence-electron chi connectivity index (χ3n) is 5.41. The fourth-order valence-corrected chi connectivity index (χ4v) is 3.89. The number of carbonyl (C=O) groups is 1. The molecule has 1 amide bonds. The smallest absolute Gasteiger partial charge is 0.232 e. The van der Waals surface area contributed by atoms with Crippen molar-refractivity contribution in [3.8, 4) is 5.75 Å². The molecular weight excluding hydrogens is 338 g/mol. The van der Waals surface area contributed by atoms with Crippen LogP contribution in [0.2, 0.25) is 0 Å². The molecule has 27 heavy (non-hydrogen) atoms. The molecule has 3 rings (SSSR count). The van der Waals surface area contributed by atoms with Gasteiger partial charge >= 0.3 is 0 Å². The van der Waals surface area contributed by atoms with Crippen LogP contribution in [0.3, 0.4) is 0 Å². The van der Waals surface area contributed by atoms with Gasteiger partial charge in [0.1, 0.15) is 12.4 Å². The molecule has 0 bridgehead atoms. The molecule has 0 aliphatic heterocycles. The van der Waals surface area contributed by atoms with Crippen molar-refractivity contribution in [3.05, 3.63) is 65.7 Å². The number of hydrogen-bond acceptors (Lipinski definition) is 3. The molecule has 1 aliphatic rings. The first-order valence-electron chi connectivity index (χ1n) is 9.70. The monoisotopic (exact) mass is 367 g/mol. The Morgan fingerprint density at radius 2 is 1.67 bits per heavy atom. The minimum Gasteiger partial charge on any atom is -0.489 e. The molecule has 0 spiro atoms. The highest BCUT2D eigenvalue weighted by Gasteiger charge is 2.43. The summed E-state index contributed by atoms with van der Waals surface area (Å²) in [6, 6.07) is 17.6. The largest absolute Gasteiger partial charge is 0.489 e. The van der Waals surface area contributed by atoms with E-state index in [-0.39, 0.29) is 5.91 Å². The standard InChI is InChI=1S/C23H29NO3/c1-24(2)22(25)21(23(26)15-7-4-8-16-23)19-11-13-20(14-12-19)27-17-18-9-5-3-6-10-18/h3,5-6,9-14,21,26H,4,7-8,15-17H2,1-2H3. The normalized spacial score (nSPS) is 17.1. The Hall–Kier alpha value is -2.33. The van der Waals surface area contributed by atoms with E-state index in [0.29, 0.717) is 19.4 Å². The maximum absolute atomic E-state index is 12.9. The summed E-state index contributed by atoms with van der Waals surface area (Å²) in [6.07, 6.45) is 4.39. The van der Waals surface area contributed by atoms with Crippen LogP contribution in [0.4, 0.5) is 0 Å². The maximum Gasteiger partial charge on any atom is 0.232 e. The lowest BCUT2D eigenvalue weighted by atomic mass is 9.72. The molecule has 4 heteroatoms. The molecule has 2 aromatic rings. The van der Waals surface area contributed by atoms with E-state index in [1.54, 1.807) is 19.0 Å². The molecule has 4 nitrogen and oxygen atoms in total. The molecule has 1 saturated carbocycles. The third-order valence-corrected chi connectivity index (χ3v) is 5.41. The quantitative estimate of drug-likeness (QED) is 0.835. The molecule has 1 fully saturated rings. The minimum atomic E-state index is -0.966. The van der Waals surface area contributed by atoms with Gasteiger partial charge in [-0.25, -0.2) is 0 Å². The summed E-state index contributed by atoms with van der Waals surface area (Å²) in [4.78, 5) is 14.5. The van der Waals surface area contributed by atoms with E-state index >= 15 is 0 Å². The Morgan fingerprint density at radius 1 is 1.04 bits per heavy atom. The van der Waals surface area contributed by atoms with Crippen molar-refractivity contribution in [2.75, 3.05) is 14.1 Å². The molecule has 144 valence electrons. The van der Waals surface area contributed by atoms with Crippen LogP contribution in [0.25, 0.3) is 0 Å². The lowest BCUT2D eigenvalue weighted by Gasteiger charge is -2.39. The van der Waals surface area contributed by atoms with E-state index in [1.807, 2.05) is 54.6 Å². The number of ether oxygens (including phenoxy) is 1. The third kappa shape index (κ3) is 4.69. The molecule has 1 atom stereocenters. The Labute approximate surface area is 161 Å². The maximum atomic E-state index is 12.9. The second-order valence-corrected chi connectivity index (χ2v) is 7.67. The van der Waals surface area contributed by atoms with Gasteiger partial charge in [-0.3, -0.25) is 4.79 Å². The number of benzene rings is 2. The van der Waals surface area contributed by atoms with Crippen LogP contribution in [0.5, 0.6) is 5.75 Å². The number of nitrogens with zero attached hydrogens (tertiary/aromatic N) is 1. The van der Waals surface area contributed by atoms with Gasteiger partial charge in [-0.2, -0.15) is 0 Å². The number of carbonyl (C=O) groups excluding carboxylic acids is 1. The highest BCUT2D eigenvalue weighted by molar-refractivity contribution is 5.84. The Morgan fingerprint density at radius 3 is 2.26 bits per heavy atom. The molecular formula is C23H29NO3. The molecule has 2 aromatic carbocycles. The van der Waals surface area contributed by atoms with Crippen LogP contribution in [0.1, 0.15) is 49.1 Å². The molecule has 0 saturated heterocycles. The van der Waals surface area contributed by atoms with Crippen LogP contribution in [0.15, 0.2) is 54.6 Å². The molecule has 1 aliphatic carbocycles. The lowest BCUT2D eigenvalue weighted by Crippen LogP contribution is -2.46. The Balaban J connectivity index is 1.77. The van der Waals surface area contributed by atoms with E-state index in [9.17, 15) is 9.90 Å². The molecule has 1 unspecified atom stereocenters. The van der Waals surface area contributed by atoms with E-state index in [0.717, 1.165) is 36.1 Å². The number of aliphatic hydroxyl groups is 1. The van der Waals surface area contributed by atoms with E-state index in [1.165, 1.54) is 0 Å². The second kappa shape index (κ2) is 8.57. The molecule has 0 heterocycles. The fourth-order valence-electron chi connectivity index (χ4n) is 3.89. The van der Waals surface area contributed by atoms with Crippen molar-refractivity contribution < 1.29 is 14.6 Å². The Kier molecular flexibility index (Phi) is 6.17. The average molecular weight is 367 g/mol. The first-order chi connectivity index (χ1) is 13.0. The van der Waals surface area contributed by atoms with Gasteiger partial charge in [0, 0.05) is 14.1 Å². The minimum absolute atomic E-state index is 0.0441. The zero-order valence-electron chi connectivity index (χ0n) is 16.2. The zero-order chi connectivity index (χ0) is 19.3. The van der Waals surface area contributed by atoms with Crippen molar-refractivity contribution in [1.29, 1.82) is 0 Å². The number of rotatable bonds is 6. The number of amides is 1. The van der Waals surface area contributed by atoms with Gasteiger partial charge in [0.25, 0.3) is 0 Å². The summed E-state index contributed by atoms with van der Waals surface area (Å²) in [6.45, 7) is 0.504. The lowest BCUT2D eigenvalue weighted by molar-refractivity contribution is -0.139. The fraction of sp³-hybridized carbons (Fsp3) is 0.435. The molecule has 0 aromatic heterocycles. The van der Waals surface area contributed by atoms with E-state index in [4.69, 9.17) is 4.74 Å². The number of likely N-dealkylation sites (N-methyl/N-ethyl adjacent to an activating group) is 1. The first-order valence-corrected chi connectivity index (χ1v) is 9.70. The summed E-state index contributed by atoms with van der Waals surface area (Å²) in [7, 11) is 3.50. The highest BCUT2D eigenvalue weighted by atomic mass is 16.5. The van der Waals surface area contributed by atoms with Gasteiger partial charge in [-0.1, -0.05) is 61.7 Å². The van der Waals surface area contributed by atoms with Crippen molar-refractivity contribution >= 4 is 5.91 Å². The summed E-state index contributed by atoms with van der Waals surface area (Å²) >= 11 is 0. The predicted octanol–water partition coefficient (Wildman–Crippen LogP) is 4.13. The average Bonchev–Trinajstić information content (AvgIpc) is 2.68. The Bertz CT molecular complexity index is 734. The van der Waals surface area contributed by atoms with Gasteiger partial charge in [-0.15, -0.1) is 0 Å². The van der Waals surface area contributed by atoms with Crippen molar-refractivity contribution in [2.45, 2.75) is 50.2 Å². The summed E-state index contributed by atoms with van der Waals surface area (Å²) < 4.78 is 5.85.